The molecule has 0 aliphatic heterocycles. The van der Waals surface area contributed by atoms with Gasteiger partial charge in [-0.25, -0.2) is 4.79 Å². The lowest BCUT2D eigenvalue weighted by atomic mass is 10.1. The normalized spacial score (nSPS) is 10.2. The minimum Gasteiger partial charge on any atom is -0.457 e. The van der Waals surface area contributed by atoms with Crippen molar-refractivity contribution < 1.29 is 13.9 Å². The second kappa shape index (κ2) is 5.36. The van der Waals surface area contributed by atoms with E-state index in [1.165, 1.54) is 12.3 Å². The molecule has 5 heteroatoms. The summed E-state index contributed by atoms with van der Waals surface area (Å²) in [5.74, 6) is -0.346. The highest BCUT2D eigenvalue weighted by molar-refractivity contribution is 5.87. The number of rotatable bonds is 3. The van der Waals surface area contributed by atoms with Crippen molar-refractivity contribution in [1.82, 2.24) is 10.2 Å². The number of carbonyl (C=O) groups is 1. The van der Waals surface area contributed by atoms with Crippen LogP contribution < -0.4 is 4.74 Å². The van der Waals surface area contributed by atoms with Crippen LogP contribution in [0.5, 0.6) is 5.88 Å². The molecule has 0 aliphatic carbocycles. The van der Waals surface area contributed by atoms with E-state index < -0.39 is 5.97 Å². The van der Waals surface area contributed by atoms with Gasteiger partial charge in [0.25, 0.3) is 0 Å². The van der Waals surface area contributed by atoms with Crippen molar-refractivity contribution in [2.24, 2.45) is 0 Å². The Morgan fingerprint density at radius 3 is 2.45 bits per heavy atom. The van der Waals surface area contributed by atoms with Gasteiger partial charge in [-0.2, -0.15) is 0 Å². The van der Waals surface area contributed by atoms with Crippen molar-refractivity contribution in [1.29, 1.82) is 0 Å². The number of benzene rings is 1. The minimum atomic E-state index is -0.600. The van der Waals surface area contributed by atoms with E-state index in [0.29, 0.717) is 5.69 Å². The van der Waals surface area contributed by atoms with Crippen LogP contribution in [0.25, 0.3) is 11.3 Å². The average molecular weight is 266 g/mol. The lowest BCUT2D eigenvalue weighted by Crippen LogP contribution is -2.08. The topological polar surface area (TPSA) is 65.2 Å². The number of aromatic nitrogens is 2. The summed E-state index contributed by atoms with van der Waals surface area (Å²) in [4.78, 5) is 11.6. The molecule has 0 unspecified atom stereocenters. The maximum Gasteiger partial charge on any atom is 0.380 e. The van der Waals surface area contributed by atoms with Gasteiger partial charge in [-0.05, 0) is 18.2 Å². The molecule has 2 heterocycles. The van der Waals surface area contributed by atoms with Gasteiger partial charge in [0.2, 0.25) is 11.6 Å². The molecule has 20 heavy (non-hydrogen) atoms. The second-order valence-corrected chi connectivity index (χ2v) is 3.99. The number of furan rings is 1. The molecule has 2 aromatic heterocycles. The Kier molecular flexibility index (Phi) is 3.24. The summed E-state index contributed by atoms with van der Waals surface area (Å²) in [7, 11) is 0. The van der Waals surface area contributed by atoms with E-state index in [0.717, 1.165) is 5.56 Å². The zero-order valence-electron chi connectivity index (χ0n) is 10.4. The number of carbonyl (C=O) groups excluding carboxylic acids is 1. The Morgan fingerprint density at radius 2 is 1.80 bits per heavy atom. The molecule has 0 spiro atoms. The highest BCUT2D eigenvalue weighted by atomic mass is 16.6. The largest absolute Gasteiger partial charge is 0.457 e. The third kappa shape index (κ3) is 2.56. The molecular weight excluding hydrogens is 256 g/mol. The molecule has 0 saturated heterocycles. The van der Waals surface area contributed by atoms with Gasteiger partial charge >= 0.3 is 5.97 Å². The highest BCUT2D eigenvalue weighted by Gasteiger charge is 2.12. The molecule has 1 aromatic carbocycles. The summed E-state index contributed by atoms with van der Waals surface area (Å²) in [6.07, 6.45) is 1.40. The van der Waals surface area contributed by atoms with E-state index in [2.05, 4.69) is 10.2 Å². The van der Waals surface area contributed by atoms with Crippen LogP contribution in [0.4, 0.5) is 0 Å². The molecule has 0 atom stereocenters. The average Bonchev–Trinajstić information content (AvgIpc) is 3.03. The van der Waals surface area contributed by atoms with Crippen molar-refractivity contribution in [3.63, 3.8) is 0 Å². The SMILES string of the molecule is O=C(Oc1ccc(-c2ccccc2)nn1)c1ccco1. The van der Waals surface area contributed by atoms with Gasteiger partial charge in [0, 0.05) is 11.6 Å². The Labute approximate surface area is 114 Å². The molecule has 0 radical (unpaired) electrons. The number of hydrogen-bond acceptors (Lipinski definition) is 5. The van der Waals surface area contributed by atoms with Crippen LogP contribution in [0.15, 0.2) is 65.3 Å². The zero-order valence-corrected chi connectivity index (χ0v) is 10.4. The first kappa shape index (κ1) is 12.1. The molecule has 0 aliphatic rings. The fourth-order valence-corrected chi connectivity index (χ4v) is 1.68. The summed E-state index contributed by atoms with van der Waals surface area (Å²) < 4.78 is 9.98. The van der Waals surface area contributed by atoms with Crippen LogP contribution >= 0.6 is 0 Å². The van der Waals surface area contributed by atoms with Gasteiger partial charge in [0.15, 0.2) is 0 Å². The number of nitrogens with zero attached hydrogens (tertiary/aromatic N) is 2. The number of ether oxygens (including phenoxy) is 1. The molecular formula is C15H10N2O3. The third-order valence-electron chi connectivity index (χ3n) is 2.63. The standard InChI is InChI=1S/C15H10N2O3/c18-15(13-7-4-10-19-13)20-14-9-8-12(16-17-14)11-5-2-1-3-6-11/h1-10H. The van der Waals surface area contributed by atoms with Gasteiger partial charge in [0.1, 0.15) is 0 Å². The highest BCUT2D eigenvalue weighted by Crippen LogP contribution is 2.17. The molecule has 0 saturated carbocycles. The molecule has 5 nitrogen and oxygen atoms in total. The van der Waals surface area contributed by atoms with Gasteiger partial charge in [-0.15, -0.1) is 10.2 Å². The lowest BCUT2D eigenvalue weighted by Gasteiger charge is -2.02. The quantitative estimate of drug-likeness (QED) is 0.682. The summed E-state index contributed by atoms with van der Waals surface area (Å²) >= 11 is 0. The predicted octanol–water partition coefficient (Wildman–Crippen LogP) is 2.96. The maximum absolute atomic E-state index is 11.6. The molecule has 0 fully saturated rings. The zero-order chi connectivity index (χ0) is 13.8. The molecule has 0 bridgehead atoms. The monoisotopic (exact) mass is 266 g/mol. The summed E-state index contributed by atoms with van der Waals surface area (Å²) in [6.45, 7) is 0. The van der Waals surface area contributed by atoms with Crippen molar-refractivity contribution in [2.45, 2.75) is 0 Å². The van der Waals surface area contributed by atoms with Crippen LogP contribution in [-0.2, 0) is 0 Å². The van der Waals surface area contributed by atoms with Gasteiger partial charge < -0.3 is 9.15 Å². The fraction of sp³-hybridized carbons (Fsp3) is 0. The Balaban J connectivity index is 1.75. The molecule has 3 aromatic rings. The number of hydrogen-bond donors (Lipinski definition) is 0. The Bertz CT molecular complexity index is 692. The van der Waals surface area contributed by atoms with Crippen LogP contribution in [0.1, 0.15) is 10.6 Å². The second-order valence-electron chi connectivity index (χ2n) is 3.99. The Morgan fingerprint density at radius 1 is 0.950 bits per heavy atom. The minimum absolute atomic E-state index is 0.124. The van der Waals surface area contributed by atoms with Crippen molar-refractivity contribution >= 4 is 5.97 Å². The maximum atomic E-state index is 11.6. The van der Waals surface area contributed by atoms with Crippen molar-refractivity contribution in [2.75, 3.05) is 0 Å². The van der Waals surface area contributed by atoms with Crippen molar-refractivity contribution in [3.8, 4) is 17.1 Å². The summed E-state index contributed by atoms with van der Waals surface area (Å²) in [6, 6.07) is 16.1. The van der Waals surface area contributed by atoms with Gasteiger partial charge in [0.05, 0.1) is 12.0 Å². The van der Waals surface area contributed by atoms with E-state index >= 15 is 0 Å². The first-order valence-corrected chi connectivity index (χ1v) is 5.98. The van der Waals surface area contributed by atoms with Crippen LogP contribution in [-0.4, -0.2) is 16.2 Å². The summed E-state index contributed by atoms with van der Waals surface area (Å²) in [5.41, 5.74) is 1.66. The van der Waals surface area contributed by atoms with Crippen LogP contribution in [0.3, 0.4) is 0 Å². The van der Waals surface area contributed by atoms with Crippen LogP contribution in [0, 0.1) is 0 Å². The van der Waals surface area contributed by atoms with E-state index in [4.69, 9.17) is 9.15 Å². The predicted molar refractivity (Wildman–Crippen MR) is 71.1 cm³/mol. The Hall–Kier alpha value is -2.95. The molecule has 98 valence electrons. The van der Waals surface area contributed by atoms with E-state index in [1.807, 2.05) is 30.3 Å². The first-order valence-electron chi connectivity index (χ1n) is 5.98. The summed E-state index contributed by atoms with van der Waals surface area (Å²) in [5, 5.41) is 7.90. The molecule has 0 N–H and O–H groups in total. The van der Waals surface area contributed by atoms with Gasteiger partial charge in [-0.3, -0.25) is 0 Å². The molecule has 0 amide bonds. The van der Waals surface area contributed by atoms with Crippen LogP contribution in [0.2, 0.25) is 0 Å². The fourth-order valence-electron chi connectivity index (χ4n) is 1.68. The number of esters is 1. The lowest BCUT2D eigenvalue weighted by molar-refractivity contribution is 0.0692. The van der Waals surface area contributed by atoms with E-state index in [9.17, 15) is 4.79 Å². The van der Waals surface area contributed by atoms with E-state index in [-0.39, 0.29) is 11.6 Å². The van der Waals surface area contributed by atoms with E-state index in [1.54, 1.807) is 18.2 Å². The van der Waals surface area contributed by atoms with Crippen molar-refractivity contribution in [3.05, 3.63) is 66.6 Å². The third-order valence-corrected chi connectivity index (χ3v) is 2.63. The molecule has 3 rings (SSSR count). The smallest absolute Gasteiger partial charge is 0.380 e. The van der Waals surface area contributed by atoms with Gasteiger partial charge in [-0.1, -0.05) is 30.3 Å². The first-order chi connectivity index (χ1) is 9.83.